The maximum absolute atomic E-state index is 12.6. The van der Waals surface area contributed by atoms with Crippen molar-refractivity contribution in [1.82, 2.24) is 19.3 Å². The average molecular weight is 353 g/mol. The van der Waals surface area contributed by atoms with Gasteiger partial charge in [0.2, 0.25) is 5.03 Å². The molecule has 7 nitrogen and oxygen atoms in total. The molecule has 108 valence electrons. The fourth-order valence-electron chi connectivity index (χ4n) is 2.21. The quantitative estimate of drug-likeness (QED) is 0.799. The van der Waals surface area contributed by atoms with Gasteiger partial charge in [-0.15, -0.1) is 5.10 Å². The third-order valence-electron chi connectivity index (χ3n) is 3.06. The number of hydrogen-bond donors (Lipinski definition) is 0. The molecule has 1 atom stereocenters. The zero-order chi connectivity index (χ0) is 14.0. The smallest absolute Gasteiger partial charge is 0.263 e. The SMILES string of the molecule is CCOC1CCCN(S(=O)(=O)c2c(Br)nnn2C)C1. The van der Waals surface area contributed by atoms with Crippen LogP contribution < -0.4 is 0 Å². The van der Waals surface area contributed by atoms with Crippen molar-refractivity contribution < 1.29 is 13.2 Å². The van der Waals surface area contributed by atoms with Crippen molar-refractivity contribution >= 4 is 26.0 Å². The molecule has 9 heteroatoms. The van der Waals surface area contributed by atoms with Crippen LogP contribution in [0.25, 0.3) is 0 Å². The summed E-state index contributed by atoms with van der Waals surface area (Å²) < 4.78 is 33.6. The molecule has 0 N–H and O–H groups in total. The maximum Gasteiger partial charge on any atom is 0.263 e. The Kier molecular flexibility index (Phi) is 4.59. The fourth-order valence-corrected chi connectivity index (χ4v) is 4.76. The molecule has 1 aliphatic heterocycles. The van der Waals surface area contributed by atoms with Gasteiger partial charge in [0.05, 0.1) is 6.10 Å². The lowest BCUT2D eigenvalue weighted by Crippen LogP contribution is -2.43. The van der Waals surface area contributed by atoms with Crippen LogP contribution in [-0.2, 0) is 21.8 Å². The molecule has 0 amide bonds. The Balaban J connectivity index is 2.25. The van der Waals surface area contributed by atoms with E-state index in [4.69, 9.17) is 4.74 Å². The third kappa shape index (κ3) is 2.99. The molecule has 2 heterocycles. The number of aryl methyl sites for hydroxylation is 1. The molecule has 1 fully saturated rings. The molecule has 1 unspecified atom stereocenters. The number of halogens is 1. The Morgan fingerprint density at radius 2 is 2.26 bits per heavy atom. The van der Waals surface area contributed by atoms with Gasteiger partial charge >= 0.3 is 0 Å². The molecule has 0 aliphatic carbocycles. The highest BCUT2D eigenvalue weighted by atomic mass is 79.9. The summed E-state index contributed by atoms with van der Waals surface area (Å²) in [4.78, 5) is 0. The van der Waals surface area contributed by atoms with E-state index >= 15 is 0 Å². The summed E-state index contributed by atoms with van der Waals surface area (Å²) in [6.07, 6.45) is 1.66. The van der Waals surface area contributed by atoms with Crippen molar-refractivity contribution in [3.63, 3.8) is 0 Å². The first-order chi connectivity index (χ1) is 8.96. The molecule has 1 aliphatic rings. The van der Waals surface area contributed by atoms with Crippen molar-refractivity contribution in [2.75, 3.05) is 19.7 Å². The van der Waals surface area contributed by atoms with E-state index in [1.807, 2.05) is 6.92 Å². The number of rotatable bonds is 4. The van der Waals surface area contributed by atoms with Crippen molar-refractivity contribution in [2.45, 2.75) is 30.9 Å². The Hall–Kier alpha value is -0.510. The molecule has 1 saturated heterocycles. The number of nitrogens with zero attached hydrogens (tertiary/aromatic N) is 4. The van der Waals surface area contributed by atoms with Gasteiger partial charge in [-0.3, -0.25) is 0 Å². The van der Waals surface area contributed by atoms with Gasteiger partial charge in [0, 0.05) is 26.7 Å². The van der Waals surface area contributed by atoms with Crippen LogP contribution >= 0.6 is 15.9 Å². The van der Waals surface area contributed by atoms with Gasteiger partial charge < -0.3 is 4.74 Å². The minimum atomic E-state index is -3.59. The van der Waals surface area contributed by atoms with Crippen LogP contribution in [0.3, 0.4) is 0 Å². The first-order valence-corrected chi connectivity index (χ1v) is 8.37. The topological polar surface area (TPSA) is 77.3 Å². The Morgan fingerprint density at radius 3 is 2.84 bits per heavy atom. The molecule has 19 heavy (non-hydrogen) atoms. The lowest BCUT2D eigenvalue weighted by Gasteiger charge is -2.31. The lowest BCUT2D eigenvalue weighted by atomic mass is 10.1. The number of ether oxygens (including phenoxy) is 1. The molecule has 0 bridgehead atoms. The molecule has 0 spiro atoms. The van der Waals surface area contributed by atoms with Crippen molar-refractivity contribution in [1.29, 1.82) is 0 Å². The molecule has 0 radical (unpaired) electrons. The highest BCUT2D eigenvalue weighted by Gasteiger charge is 2.34. The summed E-state index contributed by atoms with van der Waals surface area (Å²) in [5, 5.41) is 7.53. The van der Waals surface area contributed by atoms with Crippen LogP contribution in [0.5, 0.6) is 0 Å². The van der Waals surface area contributed by atoms with E-state index in [0.717, 1.165) is 12.8 Å². The van der Waals surface area contributed by atoms with E-state index in [1.165, 1.54) is 8.99 Å². The predicted octanol–water partition coefficient (Wildman–Crippen LogP) is 0.767. The Labute approximate surface area is 121 Å². The van der Waals surface area contributed by atoms with Crippen LogP contribution in [-0.4, -0.2) is 53.5 Å². The number of piperidine rings is 1. The first-order valence-electron chi connectivity index (χ1n) is 6.13. The normalized spacial score (nSPS) is 21.7. The van der Waals surface area contributed by atoms with E-state index in [1.54, 1.807) is 7.05 Å². The second-order valence-corrected chi connectivity index (χ2v) is 7.00. The summed E-state index contributed by atoms with van der Waals surface area (Å²) in [6, 6.07) is 0. The van der Waals surface area contributed by atoms with E-state index < -0.39 is 10.0 Å². The van der Waals surface area contributed by atoms with Gasteiger partial charge in [-0.1, -0.05) is 5.21 Å². The van der Waals surface area contributed by atoms with Gasteiger partial charge in [-0.25, -0.2) is 13.1 Å². The second-order valence-electron chi connectivity index (χ2n) is 4.39. The standard InChI is InChI=1S/C10H17BrN4O3S/c1-3-18-8-5-4-6-15(7-8)19(16,17)10-9(11)12-13-14(10)2/h8H,3-7H2,1-2H3. The fraction of sp³-hybridized carbons (Fsp3) is 0.800. The first kappa shape index (κ1) is 14.9. The highest BCUT2D eigenvalue weighted by molar-refractivity contribution is 9.10. The van der Waals surface area contributed by atoms with Crippen LogP contribution in [0.15, 0.2) is 9.63 Å². The molecule has 2 rings (SSSR count). The minimum Gasteiger partial charge on any atom is -0.377 e. The average Bonchev–Trinajstić information content (AvgIpc) is 2.70. The van der Waals surface area contributed by atoms with Gasteiger partial charge in [0.1, 0.15) is 0 Å². The Bertz CT molecular complexity index is 523. The van der Waals surface area contributed by atoms with E-state index in [2.05, 4.69) is 26.2 Å². The van der Waals surface area contributed by atoms with Gasteiger partial charge in [0.25, 0.3) is 10.0 Å². The molecular weight excluding hydrogens is 336 g/mol. The van der Waals surface area contributed by atoms with Crippen molar-refractivity contribution in [3.05, 3.63) is 4.60 Å². The highest BCUT2D eigenvalue weighted by Crippen LogP contribution is 2.25. The van der Waals surface area contributed by atoms with E-state index in [9.17, 15) is 8.42 Å². The molecule has 0 aromatic carbocycles. The zero-order valence-electron chi connectivity index (χ0n) is 10.9. The number of aromatic nitrogens is 3. The van der Waals surface area contributed by atoms with Gasteiger partial charge in [-0.05, 0) is 35.7 Å². The lowest BCUT2D eigenvalue weighted by molar-refractivity contribution is 0.0264. The second kappa shape index (κ2) is 5.86. The van der Waals surface area contributed by atoms with Crippen LogP contribution in [0.4, 0.5) is 0 Å². The zero-order valence-corrected chi connectivity index (χ0v) is 13.3. The number of sulfonamides is 1. The van der Waals surface area contributed by atoms with Gasteiger partial charge in [-0.2, -0.15) is 4.31 Å². The summed E-state index contributed by atoms with van der Waals surface area (Å²) in [6.45, 7) is 3.39. The van der Waals surface area contributed by atoms with Crippen LogP contribution in [0.2, 0.25) is 0 Å². The largest absolute Gasteiger partial charge is 0.377 e. The van der Waals surface area contributed by atoms with Gasteiger partial charge in [0.15, 0.2) is 4.60 Å². The van der Waals surface area contributed by atoms with Crippen LogP contribution in [0, 0.1) is 0 Å². The third-order valence-corrected chi connectivity index (χ3v) is 5.82. The molecule has 1 aromatic heterocycles. The summed E-state index contributed by atoms with van der Waals surface area (Å²) in [7, 11) is -2.02. The molecule has 0 saturated carbocycles. The van der Waals surface area contributed by atoms with Crippen molar-refractivity contribution in [2.24, 2.45) is 7.05 Å². The van der Waals surface area contributed by atoms with Crippen molar-refractivity contribution in [3.8, 4) is 0 Å². The maximum atomic E-state index is 12.6. The summed E-state index contributed by atoms with van der Waals surface area (Å²) in [5.41, 5.74) is 0. The van der Waals surface area contributed by atoms with E-state index in [-0.39, 0.29) is 15.7 Å². The van der Waals surface area contributed by atoms with E-state index in [0.29, 0.717) is 19.7 Å². The summed E-state index contributed by atoms with van der Waals surface area (Å²) in [5.74, 6) is 0. The Morgan fingerprint density at radius 1 is 1.53 bits per heavy atom. The molecule has 1 aromatic rings. The monoisotopic (exact) mass is 352 g/mol. The minimum absolute atomic E-state index is 0.0338. The molecular formula is C10H17BrN4O3S. The number of hydrogen-bond acceptors (Lipinski definition) is 5. The van der Waals surface area contributed by atoms with Crippen LogP contribution in [0.1, 0.15) is 19.8 Å². The predicted molar refractivity (Wildman–Crippen MR) is 72.1 cm³/mol. The summed E-state index contributed by atoms with van der Waals surface area (Å²) >= 11 is 3.13.